The molecule has 0 aliphatic carbocycles. The van der Waals surface area contributed by atoms with E-state index in [0.717, 1.165) is 24.8 Å². The number of hydrogen-bond donors (Lipinski definition) is 2. The first-order valence-corrected chi connectivity index (χ1v) is 13.1. The minimum atomic E-state index is -3.83. The van der Waals surface area contributed by atoms with Gasteiger partial charge >= 0.3 is 10.1 Å². The summed E-state index contributed by atoms with van der Waals surface area (Å²) >= 11 is 0. The molecule has 1 saturated heterocycles. The van der Waals surface area contributed by atoms with Gasteiger partial charge in [-0.15, -0.1) is 0 Å². The highest BCUT2D eigenvalue weighted by atomic mass is 32.2. The van der Waals surface area contributed by atoms with Crippen LogP contribution in [0, 0.1) is 18.3 Å². The van der Waals surface area contributed by atoms with Crippen LogP contribution in [0.3, 0.4) is 0 Å². The average Bonchev–Trinajstić information content (AvgIpc) is 2.69. The standard InChI is InChI=1S/C24H41N3O4S/c1-18-10-12-22(13-11-18)32(29,30)31-26-15-19(2)14-24(5,6)17-25-23(28)16-27-20(3)8-7-9-21(27)4/h10-13,19-21,26H,7-9,14-17H2,1-6H3,(H,25,28). The van der Waals surface area contributed by atoms with E-state index in [1.54, 1.807) is 12.1 Å². The van der Waals surface area contributed by atoms with Gasteiger partial charge in [-0.05, 0) is 63.5 Å². The lowest BCUT2D eigenvalue weighted by molar-refractivity contribution is -0.124. The van der Waals surface area contributed by atoms with Crippen LogP contribution < -0.4 is 10.8 Å². The monoisotopic (exact) mass is 467 g/mol. The van der Waals surface area contributed by atoms with Crippen LogP contribution in [-0.2, 0) is 19.2 Å². The molecule has 0 radical (unpaired) electrons. The molecule has 1 amide bonds. The van der Waals surface area contributed by atoms with Gasteiger partial charge in [-0.2, -0.15) is 18.2 Å². The fraction of sp³-hybridized carbons (Fsp3) is 0.708. The van der Waals surface area contributed by atoms with Crippen LogP contribution in [0.4, 0.5) is 0 Å². The second kappa shape index (κ2) is 11.6. The molecule has 2 rings (SSSR count). The number of rotatable bonds is 11. The van der Waals surface area contributed by atoms with Gasteiger partial charge < -0.3 is 5.32 Å². The molecule has 0 saturated carbocycles. The molecular formula is C24H41N3O4S. The number of hydrogen-bond acceptors (Lipinski definition) is 6. The molecule has 1 aliphatic rings. The van der Waals surface area contributed by atoms with E-state index in [0.29, 0.717) is 31.7 Å². The Morgan fingerprint density at radius 2 is 1.78 bits per heavy atom. The van der Waals surface area contributed by atoms with Crippen molar-refractivity contribution < 1.29 is 17.5 Å². The molecule has 0 spiro atoms. The topological polar surface area (TPSA) is 87.7 Å². The Balaban J connectivity index is 1.73. The molecule has 0 aromatic heterocycles. The molecule has 32 heavy (non-hydrogen) atoms. The number of carbonyl (C=O) groups excluding carboxylic acids is 1. The zero-order valence-corrected chi connectivity index (χ0v) is 21.3. The van der Waals surface area contributed by atoms with Crippen LogP contribution in [0.2, 0.25) is 0 Å². The summed E-state index contributed by atoms with van der Waals surface area (Å²) in [4.78, 5) is 14.9. The summed E-state index contributed by atoms with van der Waals surface area (Å²) in [5.74, 6) is 0.231. The van der Waals surface area contributed by atoms with Crippen molar-refractivity contribution in [2.24, 2.45) is 11.3 Å². The zero-order valence-electron chi connectivity index (χ0n) is 20.5. The quantitative estimate of drug-likeness (QED) is 0.483. The van der Waals surface area contributed by atoms with Crippen LogP contribution in [0.25, 0.3) is 0 Å². The molecular weight excluding hydrogens is 426 g/mol. The van der Waals surface area contributed by atoms with E-state index in [1.165, 1.54) is 18.6 Å². The van der Waals surface area contributed by atoms with Crippen LogP contribution >= 0.6 is 0 Å². The smallest absolute Gasteiger partial charge is 0.312 e. The van der Waals surface area contributed by atoms with Crippen molar-refractivity contribution in [2.45, 2.75) is 84.2 Å². The van der Waals surface area contributed by atoms with Gasteiger partial charge in [0.1, 0.15) is 0 Å². The summed E-state index contributed by atoms with van der Waals surface area (Å²) in [6.07, 6.45) is 4.34. The van der Waals surface area contributed by atoms with E-state index in [-0.39, 0.29) is 22.1 Å². The van der Waals surface area contributed by atoms with Gasteiger partial charge in [-0.25, -0.2) is 0 Å². The Morgan fingerprint density at radius 3 is 2.38 bits per heavy atom. The first-order chi connectivity index (χ1) is 14.9. The maximum Gasteiger partial charge on any atom is 0.312 e. The molecule has 0 bridgehead atoms. The fourth-order valence-electron chi connectivity index (χ4n) is 4.44. The van der Waals surface area contributed by atoms with E-state index < -0.39 is 10.1 Å². The SMILES string of the molecule is Cc1ccc(S(=O)(=O)ONCC(C)CC(C)(C)CNC(=O)CN2C(C)CCCC2C)cc1. The largest absolute Gasteiger partial charge is 0.354 e. The lowest BCUT2D eigenvalue weighted by Crippen LogP contribution is -2.49. The van der Waals surface area contributed by atoms with Crippen molar-refractivity contribution in [1.29, 1.82) is 0 Å². The number of piperidine rings is 1. The van der Waals surface area contributed by atoms with E-state index >= 15 is 0 Å². The predicted molar refractivity (Wildman–Crippen MR) is 128 cm³/mol. The number of hydroxylamine groups is 1. The summed E-state index contributed by atoms with van der Waals surface area (Å²) in [6.45, 7) is 14.0. The van der Waals surface area contributed by atoms with Crippen molar-refractivity contribution in [3.05, 3.63) is 29.8 Å². The minimum Gasteiger partial charge on any atom is -0.354 e. The van der Waals surface area contributed by atoms with Gasteiger partial charge in [0.05, 0.1) is 11.4 Å². The van der Waals surface area contributed by atoms with Crippen molar-refractivity contribution in [2.75, 3.05) is 19.6 Å². The molecule has 1 aromatic carbocycles. The van der Waals surface area contributed by atoms with Crippen LogP contribution in [0.5, 0.6) is 0 Å². The lowest BCUT2D eigenvalue weighted by Gasteiger charge is -2.38. The Bertz CT molecular complexity index is 829. The highest BCUT2D eigenvalue weighted by Crippen LogP contribution is 2.25. The van der Waals surface area contributed by atoms with Gasteiger partial charge in [0, 0.05) is 25.2 Å². The minimum absolute atomic E-state index is 0.0666. The van der Waals surface area contributed by atoms with Gasteiger partial charge in [0.15, 0.2) is 0 Å². The number of benzene rings is 1. The van der Waals surface area contributed by atoms with E-state index in [4.69, 9.17) is 4.28 Å². The van der Waals surface area contributed by atoms with Gasteiger partial charge in [0.25, 0.3) is 0 Å². The molecule has 1 heterocycles. The number of nitrogens with one attached hydrogen (secondary N) is 2. The van der Waals surface area contributed by atoms with Crippen molar-refractivity contribution >= 4 is 16.0 Å². The van der Waals surface area contributed by atoms with Crippen molar-refractivity contribution in [1.82, 2.24) is 15.7 Å². The molecule has 2 N–H and O–H groups in total. The first kappa shape index (κ1) is 26.8. The maximum atomic E-state index is 12.5. The van der Waals surface area contributed by atoms with Gasteiger partial charge in [-0.3, -0.25) is 9.69 Å². The van der Waals surface area contributed by atoms with E-state index in [9.17, 15) is 13.2 Å². The zero-order chi connectivity index (χ0) is 23.9. The molecule has 182 valence electrons. The molecule has 8 heteroatoms. The number of nitrogens with zero attached hydrogens (tertiary/aromatic N) is 1. The first-order valence-electron chi connectivity index (χ1n) is 11.6. The molecule has 1 aliphatic heterocycles. The molecule has 7 nitrogen and oxygen atoms in total. The van der Waals surface area contributed by atoms with Crippen LogP contribution in [-0.4, -0.2) is 50.9 Å². The van der Waals surface area contributed by atoms with Crippen LogP contribution in [0.1, 0.15) is 65.9 Å². The summed E-state index contributed by atoms with van der Waals surface area (Å²) < 4.78 is 29.5. The number of amides is 1. The summed E-state index contributed by atoms with van der Waals surface area (Å²) in [7, 11) is -3.83. The number of likely N-dealkylation sites (tertiary alicyclic amines) is 1. The van der Waals surface area contributed by atoms with Crippen molar-refractivity contribution in [3.63, 3.8) is 0 Å². The summed E-state index contributed by atoms with van der Waals surface area (Å²) in [6, 6.07) is 7.43. The second-order valence-electron chi connectivity index (χ2n) is 10.3. The summed E-state index contributed by atoms with van der Waals surface area (Å²) in [5, 5.41) is 3.09. The highest BCUT2D eigenvalue weighted by molar-refractivity contribution is 7.86. The van der Waals surface area contributed by atoms with E-state index in [1.807, 2.05) is 13.8 Å². The van der Waals surface area contributed by atoms with Crippen LogP contribution in [0.15, 0.2) is 29.2 Å². The fourth-order valence-corrected chi connectivity index (χ4v) is 5.23. The van der Waals surface area contributed by atoms with Gasteiger partial charge in [-0.1, -0.05) is 44.9 Å². The lowest BCUT2D eigenvalue weighted by atomic mass is 9.83. The third-order valence-electron chi connectivity index (χ3n) is 6.28. The normalized spacial score (nSPS) is 21.3. The summed E-state index contributed by atoms with van der Waals surface area (Å²) in [5.41, 5.74) is 3.47. The molecule has 3 atom stereocenters. The molecule has 1 fully saturated rings. The Morgan fingerprint density at radius 1 is 1.19 bits per heavy atom. The van der Waals surface area contributed by atoms with Crippen molar-refractivity contribution in [3.8, 4) is 0 Å². The third-order valence-corrected chi connectivity index (χ3v) is 7.46. The third kappa shape index (κ3) is 8.46. The Kier molecular flexibility index (Phi) is 9.69. The number of aryl methyl sites for hydroxylation is 1. The van der Waals surface area contributed by atoms with Gasteiger partial charge in [0.2, 0.25) is 5.91 Å². The molecule has 3 unspecified atom stereocenters. The predicted octanol–water partition coefficient (Wildman–Crippen LogP) is 3.64. The average molecular weight is 468 g/mol. The number of carbonyl (C=O) groups is 1. The van der Waals surface area contributed by atoms with E-state index in [2.05, 4.69) is 43.4 Å². The second-order valence-corrected chi connectivity index (χ2v) is 11.8. The molecule has 1 aromatic rings. The maximum absolute atomic E-state index is 12.5. The highest BCUT2D eigenvalue weighted by Gasteiger charge is 2.28. The Hall–Kier alpha value is -1.48. The Labute approximate surface area is 194 Å².